The Kier molecular flexibility index (Phi) is 7.20. The second kappa shape index (κ2) is 9.40. The number of halogens is 1. The Morgan fingerprint density at radius 3 is 1.87 bits per heavy atom. The Morgan fingerprint density at radius 1 is 0.957 bits per heavy atom. The molecule has 0 radical (unpaired) electrons. The molecule has 124 valence electrons. The van der Waals surface area contributed by atoms with Gasteiger partial charge in [0.2, 0.25) is 0 Å². The number of hydrogen-bond acceptors (Lipinski definition) is 3. The zero-order chi connectivity index (χ0) is 16.5. The van der Waals surface area contributed by atoms with Crippen LogP contribution < -0.4 is 0 Å². The zero-order valence-electron chi connectivity index (χ0n) is 13.4. The van der Waals surface area contributed by atoms with Gasteiger partial charge in [-0.2, -0.15) is 0 Å². The number of nitrogens with zero attached hydrogens (tertiary/aromatic N) is 1. The number of aliphatic hydroxyl groups excluding tert-OH is 1. The van der Waals surface area contributed by atoms with Gasteiger partial charge in [-0.15, -0.1) is 0 Å². The Bertz CT molecular complexity index is 506. The van der Waals surface area contributed by atoms with E-state index in [9.17, 15) is 4.39 Å². The monoisotopic (exact) mass is 317 g/mol. The predicted molar refractivity (Wildman–Crippen MR) is 89.5 cm³/mol. The van der Waals surface area contributed by atoms with Crippen molar-refractivity contribution in [3.8, 4) is 0 Å². The third kappa shape index (κ3) is 6.91. The first-order chi connectivity index (χ1) is 11.1. The molecule has 0 spiro atoms. The summed E-state index contributed by atoms with van der Waals surface area (Å²) in [5, 5.41) is 9.10. The molecule has 0 aromatic heterocycles. The standard InChI is InChI=1S/C19H24FNO2/c1-16(22)23-15-19(20)14-21(12-17-8-4-2-5-9-17)13-18-10-6-3-7-11-18/h2-11,16,19,22H,12-15H2,1H3/t16-,19?/m1/s1. The summed E-state index contributed by atoms with van der Waals surface area (Å²) in [4.78, 5) is 2.06. The van der Waals surface area contributed by atoms with Crippen LogP contribution in [-0.4, -0.2) is 35.6 Å². The summed E-state index contributed by atoms with van der Waals surface area (Å²) in [7, 11) is 0. The normalized spacial score (nSPS) is 13.9. The minimum absolute atomic E-state index is 0.0995. The minimum Gasteiger partial charge on any atom is -0.368 e. The van der Waals surface area contributed by atoms with Crippen molar-refractivity contribution in [2.45, 2.75) is 32.5 Å². The van der Waals surface area contributed by atoms with Crippen molar-refractivity contribution in [2.75, 3.05) is 13.2 Å². The quantitative estimate of drug-likeness (QED) is 0.720. The van der Waals surface area contributed by atoms with E-state index in [1.165, 1.54) is 6.92 Å². The van der Waals surface area contributed by atoms with E-state index < -0.39 is 12.5 Å². The molecular formula is C19H24FNO2. The molecule has 2 rings (SSSR count). The van der Waals surface area contributed by atoms with Gasteiger partial charge in [0.1, 0.15) is 6.17 Å². The number of rotatable bonds is 9. The topological polar surface area (TPSA) is 32.7 Å². The average Bonchev–Trinajstić information content (AvgIpc) is 2.55. The molecule has 1 unspecified atom stereocenters. The first kappa shape index (κ1) is 17.6. The van der Waals surface area contributed by atoms with E-state index in [2.05, 4.69) is 4.90 Å². The molecule has 2 aromatic carbocycles. The minimum atomic E-state index is -1.14. The third-order valence-electron chi connectivity index (χ3n) is 3.47. The van der Waals surface area contributed by atoms with Crippen LogP contribution in [-0.2, 0) is 17.8 Å². The highest BCUT2D eigenvalue weighted by molar-refractivity contribution is 5.17. The Hall–Kier alpha value is -1.75. The van der Waals surface area contributed by atoms with Crippen molar-refractivity contribution in [3.63, 3.8) is 0 Å². The van der Waals surface area contributed by atoms with Gasteiger partial charge in [-0.3, -0.25) is 4.90 Å². The molecule has 0 aliphatic heterocycles. The van der Waals surface area contributed by atoms with Crippen LogP contribution in [0, 0.1) is 0 Å². The average molecular weight is 317 g/mol. The number of hydrogen-bond donors (Lipinski definition) is 1. The fourth-order valence-electron chi connectivity index (χ4n) is 2.44. The smallest absolute Gasteiger partial charge is 0.151 e. The molecule has 0 bridgehead atoms. The zero-order valence-corrected chi connectivity index (χ0v) is 13.4. The van der Waals surface area contributed by atoms with Gasteiger partial charge in [-0.05, 0) is 18.1 Å². The molecule has 1 N–H and O–H groups in total. The first-order valence-corrected chi connectivity index (χ1v) is 7.87. The van der Waals surface area contributed by atoms with Gasteiger partial charge in [0.05, 0.1) is 6.61 Å². The van der Waals surface area contributed by atoms with E-state index in [0.717, 1.165) is 11.1 Å². The molecule has 0 heterocycles. The van der Waals surface area contributed by atoms with Crippen molar-refractivity contribution in [2.24, 2.45) is 0 Å². The molecule has 2 atom stereocenters. The first-order valence-electron chi connectivity index (χ1n) is 7.87. The van der Waals surface area contributed by atoms with Crippen LogP contribution in [0.4, 0.5) is 4.39 Å². The van der Waals surface area contributed by atoms with Gasteiger partial charge in [-0.1, -0.05) is 60.7 Å². The fourth-order valence-corrected chi connectivity index (χ4v) is 2.44. The van der Waals surface area contributed by atoms with Gasteiger partial charge in [0.15, 0.2) is 6.29 Å². The van der Waals surface area contributed by atoms with E-state index in [1.54, 1.807) is 0 Å². The SMILES string of the molecule is C[C@H](O)OCC(F)CN(Cc1ccccc1)Cc1ccccc1. The van der Waals surface area contributed by atoms with Crippen molar-refractivity contribution in [1.29, 1.82) is 0 Å². The van der Waals surface area contributed by atoms with E-state index in [1.807, 2.05) is 60.7 Å². The molecule has 0 fully saturated rings. The van der Waals surface area contributed by atoms with Crippen molar-refractivity contribution < 1.29 is 14.2 Å². The Morgan fingerprint density at radius 2 is 1.43 bits per heavy atom. The molecule has 0 saturated heterocycles. The Labute approximate surface area is 137 Å². The van der Waals surface area contributed by atoms with E-state index in [-0.39, 0.29) is 13.2 Å². The predicted octanol–water partition coefficient (Wildman–Crippen LogP) is 3.38. The van der Waals surface area contributed by atoms with E-state index in [0.29, 0.717) is 13.1 Å². The third-order valence-corrected chi connectivity index (χ3v) is 3.47. The Balaban J connectivity index is 1.98. The molecule has 3 nitrogen and oxygen atoms in total. The van der Waals surface area contributed by atoms with Crippen LogP contribution >= 0.6 is 0 Å². The molecule has 0 aliphatic rings. The summed E-state index contributed by atoms with van der Waals surface area (Å²) in [6, 6.07) is 20.0. The molecule has 0 saturated carbocycles. The van der Waals surface area contributed by atoms with Crippen LogP contribution in [0.15, 0.2) is 60.7 Å². The van der Waals surface area contributed by atoms with E-state index in [4.69, 9.17) is 9.84 Å². The molecule has 23 heavy (non-hydrogen) atoms. The highest BCUT2D eigenvalue weighted by Gasteiger charge is 2.15. The van der Waals surface area contributed by atoms with Crippen LogP contribution in [0.5, 0.6) is 0 Å². The van der Waals surface area contributed by atoms with Crippen LogP contribution in [0.1, 0.15) is 18.1 Å². The number of aliphatic hydroxyl groups is 1. The molecule has 0 amide bonds. The second-order valence-electron chi connectivity index (χ2n) is 5.67. The molecule has 0 aliphatic carbocycles. The van der Waals surface area contributed by atoms with Gasteiger partial charge >= 0.3 is 0 Å². The summed E-state index contributed by atoms with van der Waals surface area (Å²) >= 11 is 0. The molecule has 2 aromatic rings. The van der Waals surface area contributed by atoms with E-state index >= 15 is 0 Å². The second-order valence-corrected chi connectivity index (χ2v) is 5.67. The van der Waals surface area contributed by atoms with Crippen molar-refractivity contribution in [1.82, 2.24) is 4.90 Å². The number of ether oxygens (including phenoxy) is 1. The number of benzene rings is 2. The van der Waals surface area contributed by atoms with Crippen LogP contribution in [0.3, 0.4) is 0 Å². The van der Waals surface area contributed by atoms with Gasteiger partial charge in [-0.25, -0.2) is 4.39 Å². The lowest BCUT2D eigenvalue weighted by Gasteiger charge is -2.24. The maximum absolute atomic E-state index is 14.1. The lowest BCUT2D eigenvalue weighted by molar-refractivity contribution is -0.102. The van der Waals surface area contributed by atoms with Crippen molar-refractivity contribution >= 4 is 0 Å². The van der Waals surface area contributed by atoms with Gasteiger partial charge in [0, 0.05) is 19.6 Å². The summed E-state index contributed by atoms with van der Waals surface area (Å²) in [5.41, 5.74) is 2.29. The summed E-state index contributed by atoms with van der Waals surface area (Å²) < 4.78 is 19.1. The lowest BCUT2D eigenvalue weighted by Crippen LogP contribution is -2.32. The van der Waals surface area contributed by atoms with Gasteiger partial charge < -0.3 is 9.84 Å². The largest absolute Gasteiger partial charge is 0.368 e. The summed E-state index contributed by atoms with van der Waals surface area (Å²) in [5.74, 6) is 0. The summed E-state index contributed by atoms with van der Waals surface area (Å²) in [6.45, 7) is 2.99. The number of alkyl halides is 1. The van der Waals surface area contributed by atoms with Crippen molar-refractivity contribution in [3.05, 3.63) is 71.8 Å². The fraction of sp³-hybridized carbons (Fsp3) is 0.368. The maximum Gasteiger partial charge on any atom is 0.151 e. The molecule has 4 heteroatoms. The van der Waals surface area contributed by atoms with Crippen LogP contribution in [0.25, 0.3) is 0 Å². The van der Waals surface area contributed by atoms with Gasteiger partial charge in [0.25, 0.3) is 0 Å². The molecular weight excluding hydrogens is 293 g/mol. The maximum atomic E-state index is 14.1. The lowest BCUT2D eigenvalue weighted by atomic mass is 10.1. The highest BCUT2D eigenvalue weighted by Crippen LogP contribution is 2.12. The summed E-state index contributed by atoms with van der Waals surface area (Å²) in [6.07, 6.45) is -2.08. The van der Waals surface area contributed by atoms with Crippen LogP contribution in [0.2, 0.25) is 0 Å². The highest BCUT2D eigenvalue weighted by atomic mass is 19.1.